The van der Waals surface area contributed by atoms with Crippen molar-refractivity contribution in [3.05, 3.63) is 33.8 Å². The molecule has 0 radical (unpaired) electrons. The highest BCUT2D eigenvalue weighted by Gasteiger charge is 2.19. The van der Waals surface area contributed by atoms with Crippen LogP contribution in [0.3, 0.4) is 0 Å². The van der Waals surface area contributed by atoms with Gasteiger partial charge in [0.15, 0.2) is 0 Å². The van der Waals surface area contributed by atoms with Gasteiger partial charge in [-0.05, 0) is 42.5 Å². The summed E-state index contributed by atoms with van der Waals surface area (Å²) in [6.07, 6.45) is 0.840. The lowest BCUT2D eigenvalue weighted by atomic mass is 9.95. The first-order valence-electron chi connectivity index (χ1n) is 6.68. The molecule has 0 aromatic heterocycles. The molecule has 1 rings (SSSR count). The van der Waals surface area contributed by atoms with Gasteiger partial charge in [0, 0.05) is 17.6 Å². The minimum Gasteiger partial charge on any atom is -0.355 e. The van der Waals surface area contributed by atoms with Crippen LogP contribution in [0.15, 0.2) is 22.7 Å². The topological polar surface area (TPSA) is 55.1 Å². The summed E-state index contributed by atoms with van der Waals surface area (Å²) >= 11 is 3.47. The maximum atomic E-state index is 12.0. The predicted octanol–water partition coefficient (Wildman–Crippen LogP) is 2.65. The van der Waals surface area contributed by atoms with Crippen LogP contribution in [-0.2, 0) is 11.2 Å². The second-order valence-electron chi connectivity index (χ2n) is 5.20. The molecule has 0 aliphatic carbocycles. The second-order valence-corrected chi connectivity index (χ2v) is 6.11. The van der Waals surface area contributed by atoms with E-state index in [2.05, 4.69) is 40.3 Å². The summed E-state index contributed by atoms with van der Waals surface area (Å²) in [5.74, 6) is 0.242. The van der Waals surface area contributed by atoms with Crippen molar-refractivity contribution in [1.29, 1.82) is 0 Å². The van der Waals surface area contributed by atoms with Gasteiger partial charge in [-0.3, -0.25) is 4.79 Å². The largest absolute Gasteiger partial charge is 0.355 e. The number of benzene rings is 1. The molecule has 0 fully saturated rings. The summed E-state index contributed by atoms with van der Waals surface area (Å²) in [6.45, 7) is 7.18. The van der Waals surface area contributed by atoms with Crippen LogP contribution in [0.25, 0.3) is 0 Å². The Labute approximate surface area is 124 Å². The number of rotatable bonds is 6. The fourth-order valence-electron chi connectivity index (χ4n) is 2.04. The van der Waals surface area contributed by atoms with Gasteiger partial charge in [-0.1, -0.05) is 35.8 Å². The van der Waals surface area contributed by atoms with Gasteiger partial charge < -0.3 is 11.1 Å². The summed E-state index contributed by atoms with van der Waals surface area (Å²) in [7, 11) is 0. The minimum atomic E-state index is -0.0939. The Morgan fingerprint density at radius 2 is 2.11 bits per heavy atom. The fourth-order valence-corrected chi connectivity index (χ4v) is 2.45. The average Bonchev–Trinajstić information content (AvgIpc) is 2.34. The predicted molar refractivity (Wildman–Crippen MR) is 83.0 cm³/mol. The summed E-state index contributed by atoms with van der Waals surface area (Å²) in [6, 6.07) is 6.21. The van der Waals surface area contributed by atoms with Crippen molar-refractivity contribution in [2.24, 2.45) is 17.6 Å². The van der Waals surface area contributed by atoms with Crippen LogP contribution < -0.4 is 11.1 Å². The Morgan fingerprint density at radius 1 is 1.42 bits per heavy atom. The van der Waals surface area contributed by atoms with Crippen molar-refractivity contribution < 1.29 is 4.79 Å². The number of aryl methyl sites for hydroxylation is 1. The molecule has 19 heavy (non-hydrogen) atoms. The maximum absolute atomic E-state index is 12.0. The van der Waals surface area contributed by atoms with Crippen molar-refractivity contribution in [3.8, 4) is 0 Å². The number of halogens is 1. The highest BCUT2D eigenvalue weighted by Crippen LogP contribution is 2.16. The van der Waals surface area contributed by atoms with E-state index in [-0.39, 0.29) is 17.7 Å². The van der Waals surface area contributed by atoms with Gasteiger partial charge in [0.1, 0.15) is 0 Å². The van der Waals surface area contributed by atoms with Crippen LogP contribution in [0, 0.1) is 18.8 Å². The molecule has 1 aromatic carbocycles. The molecule has 106 valence electrons. The molecular formula is C15H23BrN2O. The van der Waals surface area contributed by atoms with Gasteiger partial charge in [0.05, 0.1) is 5.92 Å². The third kappa shape index (κ3) is 4.96. The number of amides is 1. The first-order valence-corrected chi connectivity index (χ1v) is 7.47. The summed E-state index contributed by atoms with van der Waals surface area (Å²) in [5.41, 5.74) is 8.13. The zero-order valence-electron chi connectivity index (χ0n) is 11.9. The van der Waals surface area contributed by atoms with Crippen LogP contribution in [-0.4, -0.2) is 19.0 Å². The first-order chi connectivity index (χ1) is 8.95. The smallest absolute Gasteiger partial charge is 0.224 e. The Morgan fingerprint density at radius 3 is 2.68 bits per heavy atom. The number of carbonyl (C=O) groups excluding carboxylic acids is 1. The molecule has 0 heterocycles. The molecule has 1 atom stereocenters. The SMILES string of the molecule is Cc1ccc(Br)cc1CCNC(=O)C(CN)C(C)C. The summed E-state index contributed by atoms with van der Waals surface area (Å²) < 4.78 is 1.07. The van der Waals surface area contributed by atoms with Crippen LogP contribution >= 0.6 is 15.9 Å². The van der Waals surface area contributed by atoms with E-state index in [1.54, 1.807) is 0 Å². The summed E-state index contributed by atoms with van der Waals surface area (Å²) in [4.78, 5) is 12.0. The van der Waals surface area contributed by atoms with Crippen molar-refractivity contribution in [1.82, 2.24) is 5.32 Å². The number of nitrogens with two attached hydrogens (primary N) is 1. The number of carbonyl (C=O) groups is 1. The Kier molecular flexibility index (Phi) is 6.52. The monoisotopic (exact) mass is 326 g/mol. The zero-order valence-corrected chi connectivity index (χ0v) is 13.5. The lowest BCUT2D eigenvalue weighted by Crippen LogP contribution is -2.38. The molecule has 0 saturated heterocycles. The molecule has 3 N–H and O–H groups in total. The van der Waals surface area contributed by atoms with E-state index in [1.807, 2.05) is 19.9 Å². The van der Waals surface area contributed by atoms with Crippen LogP contribution in [0.5, 0.6) is 0 Å². The van der Waals surface area contributed by atoms with Crippen molar-refractivity contribution >= 4 is 21.8 Å². The molecule has 0 saturated carbocycles. The van der Waals surface area contributed by atoms with E-state index in [1.165, 1.54) is 11.1 Å². The quantitative estimate of drug-likeness (QED) is 0.844. The summed E-state index contributed by atoms with van der Waals surface area (Å²) in [5, 5.41) is 2.98. The van der Waals surface area contributed by atoms with Crippen molar-refractivity contribution in [3.63, 3.8) is 0 Å². The highest BCUT2D eigenvalue weighted by molar-refractivity contribution is 9.10. The van der Waals surface area contributed by atoms with E-state index in [0.29, 0.717) is 13.1 Å². The van der Waals surface area contributed by atoms with Gasteiger partial charge in [-0.2, -0.15) is 0 Å². The van der Waals surface area contributed by atoms with Gasteiger partial charge >= 0.3 is 0 Å². The first kappa shape index (κ1) is 16.2. The molecule has 0 aliphatic heterocycles. The molecule has 0 spiro atoms. The number of nitrogens with one attached hydrogen (secondary N) is 1. The van der Waals surface area contributed by atoms with Crippen molar-refractivity contribution in [2.45, 2.75) is 27.2 Å². The molecule has 3 nitrogen and oxygen atoms in total. The maximum Gasteiger partial charge on any atom is 0.224 e. The highest BCUT2D eigenvalue weighted by atomic mass is 79.9. The molecule has 0 bridgehead atoms. The standard InChI is InChI=1S/C15H23BrN2O/c1-10(2)14(9-17)15(19)18-7-6-12-8-13(16)5-4-11(12)3/h4-5,8,10,14H,6-7,9,17H2,1-3H3,(H,18,19). The minimum absolute atomic E-state index is 0.0603. The van der Waals surface area contributed by atoms with E-state index < -0.39 is 0 Å². The zero-order chi connectivity index (χ0) is 14.4. The van der Waals surface area contributed by atoms with E-state index >= 15 is 0 Å². The number of hydrogen-bond acceptors (Lipinski definition) is 2. The molecule has 0 aliphatic rings. The Balaban J connectivity index is 2.50. The Hall–Kier alpha value is -0.870. The van der Waals surface area contributed by atoms with Crippen molar-refractivity contribution in [2.75, 3.05) is 13.1 Å². The number of hydrogen-bond donors (Lipinski definition) is 2. The van der Waals surface area contributed by atoms with Gasteiger partial charge in [-0.15, -0.1) is 0 Å². The van der Waals surface area contributed by atoms with E-state index in [4.69, 9.17) is 5.73 Å². The third-order valence-electron chi connectivity index (χ3n) is 3.40. The second kappa shape index (κ2) is 7.65. The molecule has 1 amide bonds. The van der Waals surface area contributed by atoms with Crippen LogP contribution in [0.4, 0.5) is 0 Å². The third-order valence-corrected chi connectivity index (χ3v) is 3.89. The Bertz CT molecular complexity index is 432. The van der Waals surface area contributed by atoms with Gasteiger partial charge in [0.2, 0.25) is 5.91 Å². The lowest BCUT2D eigenvalue weighted by molar-refractivity contribution is -0.125. The average molecular weight is 327 g/mol. The van der Waals surface area contributed by atoms with Crippen LogP contribution in [0.2, 0.25) is 0 Å². The van der Waals surface area contributed by atoms with E-state index in [9.17, 15) is 4.79 Å². The normalized spacial score (nSPS) is 12.5. The molecule has 4 heteroatoms. The van der Waals surface area contributed by atoms with E-state index in [0.717, 1.165) is 10.9 Å². The van der Waals surface area contributed by atoms with Gasteiger partial charge in [-0.25, -0.2) is 0 Å². The molecule has 1 unspecified atom stereocenters. The molecular weight excluding hydrogens is 304 g/mol. The lowest BCUT2D eigenvalue weighted by Gasteiger charge is -2.18. The van der Waals surface area contributed by atoms with Gasteiger partial charge in [0.25, 0.3) is 0 Å². The fraction of sp³-hybridized carbons (Fsp3) is 0.533. The molecule has 1 aromatic rings. The van der Waals surface area contributed by atoms with Crippen LogP contribution in [0.1, 0.15) is 25.0 Å².